The van der Waals surface area contributed by atoms with Gasteiger partial charge in [0.25, 0.3) is 0 Å². The quantitative estimate of drug-likeness (QED) is 0.633. The number of imidazole rings is 1. The molecule has 0 aliphatic heterocycles. The summed E-state index contributed by atoms with van der Waals surface area (Å²) in [7, 11) is 1.37. The minimum absolute atomic E-state index is 0.237. The van der Waals surface area contributed by atoms with Crippen LogP contribution in [0.25, 0.3) is 23.4 Å². The lowest BCUT2D eigenvalue weighted by Crippen LogP contribution is -2.08. The van der Waals surface area contributed by atoms with Gasteiger partial charge in [0.15, 0.2) is 0 Å². The summed E-state index contributed by atoms with van der Waals surface area (Å²) >= 11 is 1.48. The molecular weight excluding hydrogens is 276 g/mol. The predicted octanol–water partition coefficient (Wildman–Crippen LogP) is 0.936. The van der Waals surface area contributed by atoms with E-state index in [2.05, 4.69) is 21.3 Å². The zero-order valence-corrected chi connectivity index (χ0v) is 12.0. The van der Waals surface area contributed by atoms with E-state index < -0.39 is 0 Å². The molecule has 106 valence electrons. The van der Waals surface area contributed by atoms with Crippen molar-refractivity contribution in [1.82, 2.24) is 9.97 Å². The number of aromatic nitrogens is 2. The average molecular weight is 292 g/mol. The molecule has 5 nitrogen and oxygen atoms in total. The van der Waals surface area contributed by atoms with Crippen LogP contribution < -0.4 is 10.7 Å². The number of carbonyl (C=O) groups excluding carboxylic acids is 1. The van der Waals surface area contributed by atoms with Crippen molar-refractivity contribution >= 4 is 41.1 Å². The van der Waals surface area contributed by atoms with Gasteiger partial charge in [0.1, 0.15) is 11.2 Å². The Bertz CT molecular complexity index is 724. The molecular formula is C14H16N2O3S. The van der Waals surface area contributed by atoms with E-state index in [1.807, 2.05) is 18.2 Å². The number of H-pyrrole nitrogens is 1. The second kappa shape index (κ2) is 6.47. The summed E-state index contributed by atoms with van der Waals surface area (Å²) < 4.78 is 4.55. The summed E-state index contributed by atoms with van der Waals surface area (Å²) in [5, 5.41) is 10.8. The molecule has 0 saturated heterocycles. The van der Waals surface area contributed by atoms with Crippen molar-refractivity contribution in [2.24, 2.45) is 0 Å². The van der Waals surface area contributed by atoms with E-state index >= 15 is 0 Å². The van der Waals surface area contributed by atoms with Crippen LogP contribution in [0.5, 0.6) is 0 Å². The zero-order valence-electron chi connectivity index (χ0n) is 11.2. The number of aliphatic hydroxyl groups is 1. The monoisotopic (exact) mass is 292 g/mol. The molecule has 0 fully saturated rings. The Morgan fingerprint density at radius 3 is 3.10 bits per heavy atom. The second-order valence-electron chi connectivity index (χ2n) is 4.24. The molecule has 0 aliphatic carbocycles. The van der Waals surface area contributed by atoms with Crippen molar-refractivity contribution in [2.45, 2.75) is 6.42 Å². The van der Waals surface area contributed by atoms with Crippen molar-refractivity contribution in [3.05, 3.63) is 28.9 Å². The Labute approximate surface area is 120 Å². The largest absolute Gasteiger partial charge is 0.511 e. The number of aromatic amines is 1. The minimum Gasteiger partial charge on any atom is -0.511 e. The Morgan fingerprint density at radius 1 is 1.55 bits per heavy atom. The standard InChI is InChI=1S/C14H16N2O3S/c1-9-15-11-4-3-10(7-12(11)16-9)13(17)8-20-6-5-14(18)19-2/h3-4,7,16-17H,1,5-6,8H2,2H3. The molecule has 1 aromatic heterocycles. The lowest BCUT2D eigenvalue weighted by molar-refractivity contribution is -0.140. The second-order valence-corrected chi connectivity index (χ2v) is 5.35. The van der Waals surface area contributed by atoms with Crippen LogP contribution >= 0.6 is 11.8 Å². The van der Waals surface area contributed by atoms with Gasteiger partial charge >= 0.3 is 5.97 Å². The molecule has 0 spiro atoms. The van der Waals surface area contributed by atoms with E-state index in [0.29, 0.717) is 23.4 Å². The number of ether oxygens (including phenoxy) is 1. The molecule has 0 amide bonds. The number of esters is 1. The number of hydrogen-bond acceptors (Lipinski definition) is 5. The number of fused-ring (bicyclic) bond motifs is 1. The van der Waals surface area contributed by atoms with Crippen molar-refractivity contribution < 1.29 is 14.6 Å². The molecule has 2 rings (SSSR count). The SMILES string of the molecule is C=c1nc2ccc(=C(O)CSCCC(=O)OC)cc2[nH]1. The summed E-state index contributed by atoms with van der Waals surface area (Å²) in [5.41, 5.74) is 2.27. The van der Waals surface area contributed by atoms with Crippen molar-refractivity contribution in [1.29, 1.82) is 0 Å². The molecule has 0 atom stereocenters. The number of nitrogens with one attached hydrogen (secondary N) is 1. The molecule has 20 heavy (non-hydrogen) atoms. The smallest absolute Gasteiger partial charge is 0.306 e. The Morgan fingerprint density at radius 2 is 2.35 bits per heavy atom. The van der Waals surface area contributed by atoms with Gasteiger partial charge in [-0.15, -0.1) is 0 Å². The lowest BCUT2D eigenvalue weighted by atomic mass is 10.2. The number of thioether (sulfide) groups is 1. The number of carbonyl (C=O) groups is 1. The van der Waals surface area contributed by atoms with Gasteiger partial charge in [-0.25, -0.2) is 4.98 Å². The number of methoxy groups -OCH3 is 1. The van der Waals surface area contributed by atoms with Gasteiger partial charge in [-0.1, -0.05) is 6.58 Å². The fourth-order valence-electron chi connectivity index (χ4n) is 1.75. The van der Waals surface area contributed by atoms with Crippen LogP contribution in [-0.4, -0.2) is 39.7 Å². The van der Waals surface area contributed by atoms with Crippen LogP contribution in [0.3, 0.4) is 0 Å². The highest BCUT2D eigenvalue weighted by Gasteiger charge is 2.02. The molecule has 2 N–H and O–H groups in total. The number of rotatable bonds is 5. The normalized spacial score (nSPS) is 12.4. The Hall–Kier alpha value is -1.95. The molecule has 0 saturated carbocycles. The average Bonchev–Trinajstić information content (AvgIpc) is 2.81. The van der Waals surface area contributed by atoms with E-state index in [-0.39, 0.29) is 11.7 Å². The number of aliphatic hydroxyl groups excluding tert-OH is 1. The Balaban J connectivity index is 2.05. The lowest BCUT2D eigenvalue weighted by Gasteiger charge is -2.01. The maximum atomic E-state index is 11.0. The summed E-state index contributed by atoms with van der Waals surface area (Å²) in [6, 6.07) is 5.50. The van der Waals surface area contributed by atoms with Gasteiger partial charge in [-0.2, -0.15) is 11.8 Å². The van der Waals surface area contributed by atoms with Crippen LogP contribution in [0.2, 0.25) is 0 Å². The van der Waals surface area contributed by atoms with Gasteiger partial charge in [-0.3, -0.25) is 4.79 Å². The van der Waals surface area contributed by atoms with Crippen molar-refractivity contribution in [2.75, 3.05) is 18.6 Å². The molecule has 2 aromatic rings. The van der Waals surface area contributed by atoms with E-state index in [1.54, 1.807) is 0 Å². The fraction of sp³-hybridized carbons (Fsp3) is 0.286. The third-order valence-electron chi connectivity index (χ3n) is 2.78. The maximum Gasteiger partial charge on any atom is 0.306 e. The minimum atomic E-state index is -0.237. The van der Waals surface area contributed by atoms with E-state index in [0.717, 1.165) is 16.3 Å². The highest BCUT2D eigenvalue weighted by molar-refractivity contribution is 7.99. The number of nitrogens with zero attached hydrogens (tertiary/aromatic N) is 1. The molecule has 0 unspecified atom stereocenters. The number of hydrogen-bond donors (Lipinski definition) is 2. The van der Waals surface area contributed by atoms with Crippen LogP contribution in [0.4, 0.5) is 0 Å². The van der Waals surface area contributed by atoms with Crippen LogP contribution in [0.15, 0.2) is 18.2 Å². The van der Waals surface area contributed by atoms with Gasteiger partial charge in [0.2, 0.25) is 0 Å². The first-order valence-electron chi connectivity index (χ1n) is 6.11. The van der Waals surface area contributed by atoms with Crippen molar-refractivity contribution in [3.63, 3.8) is 0 Å². The van der Waals surface area contributed by atoms with E-state index in [1.165, 1.54) is 18.9 Å². The highest BCUT2D eigenvalue weighted by atomic mass is 32.2. The maximum absolute atomic E-state index is 11.0. The third-order valence-corrected chi connectivity index (χ3v) is 3.75. The Kier molecular flexibility index (Phi) is 4.68. The molecule has 1 heterocycles. The summed E-state index contributed by atoms with van der Waals surface area (Å²) in [5.74, 6) is 1.11. The summed E-state index contributed by atoms with van der Waals surface area (Å²) in [4.78, 5) is 18.2. The predicted molar refractivity (Wildman–Crippen MR) is 80.9 cm³/mol. The van der Waals surface area contributed by atoms with Gasteiger partial charge in [-0.05, 0) is 18.2 Å². The summed E-state index contributed by atoms with van der Waals surface area (Å²) in [6.07, 6.45) is 0.346. The summed E-state index contributed by atoms with van der Waals surface area (Å²) in [6.45, 7) is 3.73. The van der Waals surface area contributed by atoms with Gasteiger partial charge in [0.05, 0.1) is 30.3 Å². The fourth-order valence-corrected chi connectivity index (χ4v) is 2.57. The molecule has 0 bridgehead atoms. The first kappa shape index (κ1) is 14.5. The molecule has 0 radical (unpaired) electrons. The van der Waals surface area contributed by atoms with Crippen molar-refractivity contribution in [3.8, 4) is 0 Å². The zero-order chi connectivity index (χ0) is 14.5. The first-order chi connectivity index (χ1) is 9.60. The highest BCUT2D eigenvalue weighted by Crippen LogP contribution is 2.08. The van der Waals surface area contributed by atoms with Crippen LogP contribution in [-0.2, 0) is 9.53 Å². The first-order valence-corrected chi connectivity index (χ1v) is 7.27. The molecule has 1 aromatic carbocycles. The molecule has 6 heteroatoms. The van der Waals surface area contributed by atoms with Gasteiger partial charge < -0.3 is 14.8 Å². The van der Waals surface area contributed by atoms with Gasteiger partial charge in [0, 0.05) is 11.0 Å². The van der Waals surface area contributed by atoms with E-state index in [4.69, 9.17) is 0 Å². The third kappa shape index (κ3) is 3.54. The topological polar surface area (TPSA) is 75.2 Å². The van der Waals surface area contributed by atoms with Crippen LogP contribution in [0, 0.1) is 0 Å². The molecule has 0 aliphatic rings. The van der Waals surface area contributed by atoms with Crippen LogP contribution in [0.1, 0.15) is 6.42 Å². The number of benzene rings is 1. The van der Waals surface area contributed by atoms with E-state index in [9.17, 15) is 9.90 Å².